The van der Waals surface area contributed by atoms with Crippen molar-refractivity contribution in [2.75, 3.05) is 27.3 Å². The molecule has 6 heteroatoms. The molecule has 24 heavy (non-hydrogen) atoms. The van der Waals surface area contributed by atoms with Gasteiger partial charge >= 0.3 is 0 Å². The Hall–Kier alpha value is -1.69. The molecule has 128 valence electrons. The monoisotopic (exact) mass is 348 g/mol. The average molecular weight is 349 g/mol. The molecule has 1 aromatic carbocycles. The number of carbonyl (C=O) groups is 1. The van der Waals surface area contributed by atoms with Gasteiger partial charge in [0, 0.05) is 42.7 Å². The van der Waals surface area contributed by atoms with E-state index in [1.807, 2.05) is 12.1 Å². The number of methoxy groups -OCH3 is 1. The molecule has 1 aliphatic carbocycles. The molecule has 1 amide bonds. The number of hydrogen-bond acceptors (Lipinski definition) is 4. The minimum atomic E-state index is -0.719. The number of aliphatic hydroxyl groups is 1. The van der Waals surface area contributed by atoms with Gasteiger partial charge in [0.2, 0.25) is 0 Å². The van der Waals surface area contributed by atoms with Gasteiger partial charge in [0.1, 0.15) is 0 Å². The third-order valence-corrected chi connectivity index (χ3v) is 4.44. The van der Waals surface area contributed by atoms with Crippen molar-refractivity contribution in [1.82, 2.24) is 9.88 Å². The Morgan fingerprint density at radius 1 is 1.46 bits per heavy atom. The number of hydrogen-bond donors (Lipinski definition) is 1. The third kappa shape index (κ3) is 3.69. The number of aliphatic hydroxyl groups excluding tert-OH is 1. The van der Waals surface area contributed by atoms with Crippen LogP contribution in [0.1, 0.15) is 34.8 Å². The second-order valence-corrected chi connectivity index (χ2v) is 6.76. The molecular formula is C18H21ClN2O3. The minimum absolute atomic E-state index is 0.151. The maximum Gasteiger partial charge on any atom is 0.254 e. The Kier molecular flexibility index (Phi) is 5.04. The van der Waals surface area contributed by atoms with Crippen molar-refractivity contribution in [2.24, 2.45) is 0 Å². The molecule has 3 rings (SSSR count). The number of pyridine rings is 1. The van der Waals surface area contributed by atoms with Gasteiger partial charge in [-0.2, -0.15) is 0 Å². The van der Waals surface area contributed by atoms with Crippen LogP contribution < -0.4 is 0 Å². The van der Waals surface area contributed by atoms with Crippen LogP contribution >= 0.6 is 11.6 Å². The van der Waals surface area contributed by atoms with Crippen molar-refractivity contribution in [3.63, 3.8) is 0 Å². The van der Waals surface area contributed by atoms with Gasteiger partial charge in [-0.3, -0.25) is 9.78 Å². The Bertz CT molecular complexity index is 761. The molecule has 1 aliphatic rings. The topological polar surface area (TPSA) is 62.7 Å². The van der Waals surface area contributed by atoms with Crippen molar-refractivity contribution >= 4 is 28.4 Å². The lowest BCUT2D eigenvalue weighted by atomic mass is 10.0. The molecule has 5 nitrogen and oxygen atoms in total. The summed E-state index contributed by atoms with van der Waals surface area (Å²) in [6.45, 7) is 0.393. The van der Waals surface area contributed by atoms with Crippen LogP contribution in [0.5, 0.6) is 0 Å². The van der Waals surface area contributed by atoms with Crippen LogP contribution in [-0.2, 0) is 4.74 Å². The molecule has 1 N–H and O–H groups in total. The first-order valence-electron chi connectivity index (χ1n) is 8.02. The standard InChI is InChI=1S/C18H21ClN2O3/c1-21(9-13(22)10-24-2)18(23)15-8-17(11-3-4-11)20-16-6-5-12(19)7-14(15)16/h5-8,11,13,22H,3-4,9-10H2,1-2H3. The van der Waals surface area contributed by atoms with Gasteiger partial charge in [-0.15, -0.1) is 0 Å². The smallest absolute Gasteiger partial charge is 0.254 e. The van der Waals surface area contributed by atoms with Gasteiger partial charge in [0.25, 0.3) is 5.91 Å². The van der Waals surface area contributed by atoms with E-state index in [9.17, 15) is 9.90 Å². The first-order chi connectivity index (χ1) is 11.5. The van der Waals surface area contributed by atoms with Crippen LogP contribution in [0.25, 0.3) is 10.9 Å². The maximum absolute atomic E-state index is 12.9. The Morgan fingerprint density at radius 3 is 2.88 bits per heavy atom. The number of amides is 1. The zero-order valence-electron chi connectivity index (χ0n) is 13.8. The molecular weight excluding hydrogens is 328 g/mol. The number of nitrogens with zero attached hydrogens (tertiary/aromatic N) is 2. The SMILES string of the molecule is COCC(O)CN(C)C(=O)c1cc(C2CC2)nc2ccc(Cl)cc12. The van der Waals surface area contributed by atoms with E-state index in [0.29, 0.717) is 16.5 Å². The predicted molar refractivity (Wildman–Crippen MR) is 93.6 cm³/mol. The molecule has 1 heterocycles. The Labute approximate surface area is 146 Å². The number of likely N-dealkylation sites (N-methyl/N-ethyl adjacent to an activating group) is 1. The van der Waals surface area contributed by atoms with Crippen molar-refractivity contribution in [1.29, 1.82) is 0 Å². The summed E-state index contributed by atoms with van der Waals surface area (Å²) < 4.78 is 4.92. The first kappa shape index (κ1) is 17.1. The Balaban J connectivity index is 1.96. The van der Waals surface area contributed by atoms with Gasteiger partial charge in [0.15, 0.2) is 0 Å². The van der Waals surface area contributed by atoms with Crippen LogP contribution in [0.4, 0.5) is 0 Å². The van der Waals surface area contributed by atoms with E-state index in [1.54, 1.807) is 19.2 Å². The van der Waals surface area contributed by atoms with Crippen molar-refractivity contribution in [2.45, 2.75) is 24.9 Å². The van der Waals surface area contributed by atoms with Gasteiger partial charge in [-0.25, -0.2) is 0 Å². The van der Waals surface area contributed by atoms with Crippen molar-refractivity contribution < 1.29 is 14.6 Å². The normalized spacial score (nSPS) is 15.5. The van der Waals surface area contributed by atoms with E-state index in [4.69, 9.17) is 16.3 Å². The van der Waals surface area contributed by atoms with Crippen LogP contribution in [0.2, 0.25) is 5.02 Å². The molecule has 1 aromatic heterocycles. The summed E-state index contributed by atoms with van der Waals surface area (Å²) in [4.78, 5) is 19.1. The second kappa shape index (κ2) is 7.05. The molecule has 1 unspecified atom stereocenters. The molecule has 1 fully saturated rings. The first-order valence-corrected chi connectivity index (χ1v) is 8.40. The highest BCUT2D eigenvalue weighted by Crippen LogP contribution is 2.40. The minimum Gasteiger partial charge on any atom is -0.389 e. The fourth-order valence-electron chi connectivity index (χ4n) is 2.83. The van der Waals surface area contributed by atoms with E-state index in [1.165, 1.54) is 12.0 Å². The van der Waals surface area contributed by atoms with Gasteiger partial charge in [0.05, 0.1) is 23.8 Å². The average Bonchev–Trinajstić information content (AvgIpc) is 3.38. The number of aromatic nitrogens is 1. The molecule has 1 saturated carbocycles. The highest BCUT2D eigenvalue weighted by Gasteiger charge is 2.28. The summed E-state index contributed by atoms with van der Waals surface area (Å²) in [6.07, 6.45) is 1.51. The quantitative estimate of drug-likeness (QED) is 0.872. The molecule has 2 aromatic rings. The van der Waals surface area contributed by atoms with Crippen LogP contribution in [0, 0.1) is 0 Å². The summed E-state index contributed by atoms with van der Waals surface area (Å²) >= 11 is 6.11. The maximum atomic E-state index is 12.9. The van der Waals surface area contributed by atoms with E-state index < -0.39 is 6.10 Å². The van der Waals surface area contributed by atoms with Crippen molar-refractivity contribution in [3.8, 4) is 0 Å². The van der Waals surface area contributed by atoms with E-state index in [-0.39, 0.29) is 19.1 Å². The van der Waals surface area contributed by atoms with Crippen LogP contribution in [0.15, 0.2) is 24.3 Å². The molecule has 0 radical (unpaired) electrons. The molecule has 0 saturated heterocycles. The fraction of sp³-hybridized carbons (Fsp3) is 0.444. The van der Waals surface area contributed by atoms with Gasteiger partial charge < -0.3 is 14.7 Å². The lowest BCUT2D eigenvalue weighted by molar-refractivity contribution is 0.0381. The molecule has 0 aliphatic heterocycles. The third-order valence-electron chi connectivity index (χ3n) is 4.21. The number of halogens is 1. The fourth-order valence-corrected chi connectivity index (χ4v) is 3.01. The lowest BCUT2D eigenvalue weighted by Gasteiger charge is -2.21. The van der Waals surface area contributed by atoms with E-state index >= 15 is 0 Å². The lowest BCUT2D eigenvalue weighted by Crippen LogP contribution is -2.36. The summed E-state index contributed by atoms with van der Waals surface area (Å²) in [6, 6.07) is 7.28. The molecule has 0 spiro atoms. The predicted octanol–water partition coefficient (Wildman–Crippen LogP) is 2.84. The van der Waals surface area contributed by atoms with Crippen LogP contribution in [-0.4, -0.2) is 54.3 Å². The summed E-state index contributed by atoms with van der Waals surface area (Å²) in [5.41, 5.74) is 2.31. The number of benzene rings is 1. The number of rotatable bonds is 6. The zero-order valence-corrected chi connectivity index (χ0v) is 14.6. The van der Waals surface area contributed by atoms with E-state index in [2.05, 4.69) is 4.98 Å². The molecule has 1 atom stereocenters. The van der Waals surface area contributed by atoms with Gasteiger partial charge in [-0.1, -0.05) is 11.6 Å². The largest absolute Gasteiger partial charge is 0.389 e. The second-order valence-electron chi connectivity index (χ2n) is 6.33. The van der Waals surface area contributed by atoms with Gasteiger partial charge in [-0.05, 0) is 37.1 Å². The van der Waals surface area contributed by atoms with Crippen LogP contribution in [0.3, 0.4) is 0 Å². The summed E-state index contributed by atoms with van der Waals surface area (Å²) in [5.74, 6) is 0.294. The number of carbonyl (C=O) groups excluding carboxylic acids is 1. The number of ether oxygens (including phenoxy) is 1. The molecule has 0 bridgehead atoms. The summed E-state index contributed by atoms with van der Waals surface area (Å²) in [5, 5.41) is 11.2. The zero-order chi connectivity index (χ0) is 17.3. The highest BCUT2D eigenvalue weighted by molar-refractivity contribution is 6.31. The number of fused-ring (bicyclic) bond motifs is 1. The van der Waals surface area contributed by atoms with Crippen molar-refractivity contribution in [3.05, 3.63) is 40.5 Å². The Morgan fingerprint density at radius 2 is 2.21 bits per heavy atom. The highest BCUT2D eigenvalue weighted by atomic mass is 35.5. The summed E-state index contributed by atoms with van der Waals surface area (Å²) in [7, 11) is 3.19. The van der Waals surface area contributed by atoms with E-state index in [0.717, 1.165) is 29.4 Å².